The Balaban J connectivity index is 1.54. The number of halogens is 2. The second-order valence-corrected chi connectivity index (χ2v) is 6.90. The standard InChI is InChI=1S/C20H18F2N4O2/c1-25(2)15-6-3-12(4-7-15)20-23-19(24-28-20)13-9-18(27)26(11-13)17-8-5-14(21)10-16(17)22/h3-8,10,13H,9,11H2,1-2H3. The molecular formula is C20H18F2N4O2. The van der Waals surface area contributed by atoms with Gasteiger partial charge >= 0.3 is 0 Å². The minimum absolute atomic E-state index is 0.0527. The topological polar surface area (TPSA) is 62.5 Å². The number of anilines is 2. The molecular weight excluding hydrogens is 366 g/mol. The van der Waals surface area contributed by atoms with Crippen LogP contribution in [0.2, 0.25) is 0 Å². The molecule has 1 aromatic heterocycles. The molecule has 0 saturated carbocycles. The lowest BCUT2D eigenvalue weighted by molar-refractivity contribution is -0.117. The van der Waals surface area contributed by atoms with Crippen LogP contribution in [0.25, 0.3) is 11.5 Å². The predicted molar refractivity (Wildman–Crippen MR) is 100 cm³/mol. The van der Waals surface area contributed by atoms with Gasteiger partial charge in [-0.2, -0.15) is 4.98 Å². The van der Waals surface area contributed by atoms with E-state index in [-0.39, 0.29) is 30.5 Å². The van der Waals surface area contributed by atoms with E-state index in [1.54, 1.807) is 0 Å². The molecule has 8 heteroatoms. The van der Waals surface area contributed by atoms with Crippen molar-refractivity contribution < 1.29 is 18.1 Å². The largest absolute Gasteiger partial charge is 0.378 e. The van der Waals surface area contributed by atoms with Gasteiger partial charge in [0.2, 0.25) is 5.91 Å². The second-order valence-electron chi connectivity index (χ2n) is 6.90. The Morgan fingerprint density at radius 2 is 1.89 bits per heavy atom. The zero-order valence-electron chi connectivity index (χ0n) is 15.4. The number of aromatic nitrogens is 2. The van der Waals surface area contributed by atoms with Crippen molar-refractivity contribution in [1.29, 1.82) is 0 Å². The molecule has 0 aliphatic carbocycles. The number of benzene rings is 2. The first kappa shape index (κ1) is 18.1. The zero-order chi connectivity index (χ0) is 19.8. The van der Waals surface area contributed by atoms with Crippen molar-refractivity contribution >= 4 is 17.3 Å². The van der Waals surface area contributed by atoms with Gasteiger partial charge in [0.05, 0.1) is 5.69 Å². The van der Waals surface area contributed by atoms with Crippen molar-refractivity contribution in [2.75, 3.05) is 30.4 Å². The molecule has 2 heterocycles. The lowest BCUT2D eigenvalue weighted by Crippen LogP contribution is -2.25. The van der Waals surface area contributed by atoms with Crippen LogP contribution >= 0.6 is 0 Å². The summed E-state index contributed by atoms with van der Waals surface area (Å²) in [5, 5.41) is 4.00. The van der Waals surface area contributed by atoms with E-state index in [1.165, 1.54) is 11.0 Å². The first-order valence-electron chi connectivity index (χ1n) is 8.79. The van der Waals surface area contributed by atoms with Gasteiger partial charge in [-0.1, -0.05) is 5.16 Å². The second kappa shape index (κ2) is 7.03. The molecule has 3 aromatic rings. The number of amides is 1. The summed E-state index contributed by atoms with van der Waals surface area (Å²) in [7, 11) is 3.90. The summed E-state index contributed by atoms with van der Waals surface area (Å²) in [6.45, 7) is 0.208. The first-order chi connectivity index (χ1) is 13.4. The van der Waals surface area contributed by atoms with Gasteiger partial charge in [-0.05, 0) is 36.4 Å². The van der Waals surface area contributed by atoms with Crippen LogP contribution in [0.15, 0.2) is 47.0 Å². The highest BCUT2D eigenvalue weighted by Gasteiger charge is 2.35. The Bertz CT molecular complexity index is 1020. The van der Waals surface area contributed by atoms with Crippen molar-refractivity contribution in [1.82, 2.24) is 10.1 Å². The molecule has 0 radical (unpaired) electrons. The Kier molecular flexibility index (Phi) is 4.54. The molecule has 0 spiro atoms. The Hall–Kier alpha value is -3.29. The van der Waals surface area contributed by atoms with Crippen molar-refractivity contribution in [3.8, 4) is 11.5 Å². The normalized spacial score (nSPS) is 16.6. The maximum atomic E-state index is 14.0. The summed E-state index contributed by atoms with van der Waals surface area (Å²) < 4.78 is 32.5. The fourth-order valence-corrected chi connectivity index (χ4v) is 3.23. The molecule has 4 rings (SSSR count). The molecule has 1 amide bonds. The Morgan fingerprint density at radius 3 is 2.57 bits per heavy atom. The van der Waals surface area contributed by atoms with E-state index in [9.17, 15) is 13.6 Å². The van der Waals surface area contributed by atoms with Crippen molar-refractivity contribution in [3.05, 3.63) is 59.9 Å². The molecule has 2 aromatic carbocycles. The van der Waals surface area contributed by atoms with Gasteiger partial charge in [-0.25, -0.2) is 8.78 Å². The van der Waals surface area contributed by atoms with E-state index in [4.69, 9.17) is 4.52 Å². The molecule has 6 nitrogen and oxygen atoms in total. The van der Waals surface area contributed by atoms with E-state index >= 15 is 0 Å². The fraction of sp³-hybridized carbons (Fsp3) is 0.250. The van der Waals surface area contributed by atoms with Crippen molar-refractivity contribution in [2.45, 2.75) is 12.3 Å². The van der Waals surface area contributed by atoms with Gasteiger partial charge in [-0.15, -0.1) is 0 Å². The molecule has 144 valence electrons. The highest BCUT2D eigenvalue weighted by molar-refractivity contribution is 5.96. The number of rotatable bonds is 4. The van der Waals surface area contributed by atoms with Gasteiger partial charge in [0.25, 0.3) is 5.89 Å². The summed E-state index contributed by atoms with van der Waals surface area (Å²) in [4.78, 5) is 20.0. The SMILES string of the molecule is CN(C)c1ccc(-c2nc(C3CC(=O)N(c4ccc(F)cc4F)C3)no2)cc1. The number of hydrogen-bond acceptors (Lipinski definition) is 5. The minimum Gasteiger partial charge on any atom is -0.378 e. The van der Waals surface area contributed by atoms with Gasteiger partial charge in [0.1, 0.15) is 11.6 Å². The Morgan fingerprint density at radius 1 is 1.14 bits per heavy atom. The molecule has 1 aliphatic rings. The first-order valence-corrected chi connectivity index (χ1v) is 8.79. The number of carbonyl (C=O) groups is 1. The van der Waals surface area contributed by atoms with Crippen LogP contribution in [0, 0.1) is 11.6 Å². The van der Waals surface area contributed by atoms with Gasteiger partial charge < -0.3 is 14.3 Å². The average Bonchev–Trinajstić information content (AvgIpc) is 3.29. The lowest BCUT2D eigenvalue weighted by Gasteiger charge is -2.16. The van der Waals surface area contributed by atoms with Crippen LogP contribution < -0.4 is 9.80 Å². The number of nitrogens with zero attached hydrogens (tertiary/aromatic N) is 4. The smallest absolute Gasteiger partial charge is 0.257 e. The molecule has 0 bridgehead atoms. The molecule has 1 atom stereocenters. The van der Waals surface area contributed by atoms with Crippen LogP contribution in [0.1, 0.15) is 18.2 Å². The van der Waals surface area contributed by atoms with Crippen LogP contribution in [-0.4, -0.2) is 36.7 Å². The van der Waals surface area contributed by atoms with E-state index in [0.717, 1.165) is 23.4 Å². The molecule has 1 fully saturated rings. The third kappa shape index (κ3) is 3.33. The minimum atomic E-state index is -0.774. The van der Waals surface area contributed by atoms with E-state index in [0.29, 0.717) is 11.7 Å². The third-order valence-electron chi connectivity index (χ3n) is 4.76. The molecule has 28 heavy (non-hydrogen) atoms. The Labute approximate surface area is 160 Å². The van der Waals surface area contributed by atoms with Crippen LogP contribution in [0.3, 0.4) is 0 Å². The highest BCUT2D eigenvalue weighted by atomic mass is 19.1. The summed E-state index contributed by atoms with van der Waals surface area (Å²) in [6, 6.07) is 10.8. The van der Waals surface area contributed by atoms with Crippen LogP contribution in [-0.2, 0) is 4.79 Å². The summed E-state index contributed by atoms with van der Waals surface area (Å²) >= 11 is 0. The maximum Gasteiger partial charge on any atom is 0.257 e. The maximum absolute atomic E-state index is 14.0. The van der Waals surface area contributed by atoms with Gasteiger partial charge in [-0.3, -0.25) is 4.79 Å². The molecule has 1 aliphatic heterocycles. The lowest BCUT2D eigenvalue weighted by atomic mass is 10.1. The monoisotopic (exact) mass is 384 g/mol. The molecule has 0 N–H and O–H groups in total. The van der Waals surface area contributed by atoms with Gasteiger partial charge in [0, 0.05) is 50.3 Å². The third-order valence-corrected chi connectivity index (χ3v) is 4.76. The number of carbonyl (C=O) groups excluding carboxylic acids is 1. The average molecular weight is 384 g/mol. The summed E-state index contributed by atoms with van der Waals surface area (Å²) in [5.41, 5.74) is 1.87. The van der Waals surface area contributed by atoms with E-state index < -0.39 is 11.6 Å². The zero-order valence-corrected chi connectivity index (χ0v) is 15.4. The van der Waals surface area contributed by atoms with E-state index in [1.807, 2.05) is 43.3 Å². The van der Waals surface area contributed by atoms with Crippen molar-refractivity contribution in [2.24, 2.45) is 0 Å². The fourth-order valence-electron chi connectivity index (χ4n) is 3.23. The molecule has 1 unspecified atom stereocenters. The van der Waals surface area contributed by atoms with Crippen molar-refractivity contribution in [3.63, 3.8) is 0 Å². The van der Waals surface area contributed by atoms with Gasteiger partial charge in [0.15, 0.2) is 5.82 Å². The van der Waals surface area contributed by atoms with E-state index in [2.05, 4.69) is 10.1 Å². The predicted octanol–water partition coefficient (Wildman–Crippen LogP) is 3.60. The number of hydrogen-bond donors (Lipinski definition) is 0. The highest BCUT2D eigenvalue weighted by Crippen LogP contribution is 2.33. The van der Waals surface area contributed by atoms with Crippen LogP contribution in [0.4, 0.5) is 20.2 Å². The molecule has 1 saturated heterocycles. The van der Waals surface area contributed by atoms with Crippen LogP contribution in [0.5, 0.6) is 0 Å². The quantitative estimate of drug-likeness (QED) is 0.688. The summed E-state index contributed by atoms with van der Waals surface area (Å²) in [6.07, 6.45) is 0.134. The summed E-state index contributed by atoms with van der Waals surface area (Å²) in [5.74, 6) is -1.30.